The predicted octanol–water partition coefficient (Wildman–Crippen LogP) is 2.32. The summed E-state index contributed by atoms with van der Waals surface area (Å²) in [5.74, 6) is 0.726. The molecule has 0 radical (unpaired) electrons. The Hall–Kier alpha value is -2.24. The van der Waals surface area contributed by atoms with Crippen molar-refractivity contribution in [2.24, 2.45) is 5.92 Å². The average molecular weight is 347 g/mol. The first kappa shape index (κ1) is 19.1. The van der Waals surface area contributed by atoms with E-state index >= 15 is 0 Å². The van der Waals surface area contributed by atoms with Crippen molar-refractivity contribution in [1.82, 2.24) is 15.5 Å². The molecule has 1 aromatic carbocycles. The minimum Gasteiger partial charge on any atom is -0.491 e. The number of ether oxygens (including phenoxy) is 1. The van der Waals surface area contributed by atoms with Crippen molar-refractivity contribution < 1.29 is 14.3 Å². The van der Waals surface area contributed by atoms with E-state index in [9.17, 15) is 9.59 Å². The van der Waals surface area contributed by atoms with Gasteiger partial charge in [0.05, 0.1) is 12.0 Å². The molecule has 0 saturated carbocycles. The van der Waals surface area contributed by atoms with E-state index < -0.39 is 0 Å². The van der Waals surface area contributed by atoms with E-state index in [4.69, 9.17) is 4.74 Å². The summed E-state index contributed by atoms with van der Waals surface area (Å²) >= 11 is 0. The van der Waals surface area contributed by atoms with E-state index in [1.165, 1.54) is 0 Å². The molecule has 2 rings (SSSR count). The molecule has 138 valence electrons. The van der Waals surface area contributed by atoms with Gasteiger partial charge >= 0.3 is 6.03 Å². The van der Waals surface area contributed by atoms with Crippen LogP contribution >= 0.6 is 0 Å². The highest BCUT2D eigenvalue weighted by Gasteiger charge is 2.28. The molecule has 0 spiro atoms. The molecule has 0 aromatic heterocycles. The Morgan fingerprint density at radius 2 is 2.20 bits per heavy atom. The van der Waals surface area contributed by atoms with Gasteiger partial charge in [0, 0.05) is 19.6 Å². The summed E-state index contributed by atoms with van der Waals surface area (Å²) in [4.78, 5) is 26.1. The molecule has 1 aliphatic heterocycles. The maximum Gasteiger partial charge on any atom is 0.317 e. The molecule has 0 unspecified atom stereocenters. The van der Waals surface area contributed by atoms with Gasteiger partial charge in [-0.3, -0.25) is 4.79 Å². The van der Waals surface area contributed by atoms with Crippen LogP contribution in [0.3, 0.4) is 0 Å². The van der Waals surface area contributed by atoms with Gasteiger partial charge in [-0.15, -0.1) is 0 Å². The van der Waals surface area contributed by atoms with Crippen LogP contribution in [0.2, 0.25) is 0 Å². The number of piperidine rings is 1. The van der Waals surface area contributed by atoms with Gasteiger partial charge in [0.15, 0.2) is 0 Å². The van der Waals surface area contributed by atoms with Crippen LogP contribution in [-0.2, 0) is 4.79 Å². The number of amides is 3. The molecular formula is C19H29N3O3. The van der Waals surface area contributed by atoms with Crippen molar-refractivity contribution in [3.8, 4) is 5.75 Å². The molecule has 25 heavy (non-hydrogen) atoms. The highest BCUT2D eigenvalue weighted by atomic mass is 16.5. The number of carbonyl (C=O) groups excluding carboxylic acids is 2. The van der Waals surface area contributed by atoms with Crippen LogP contribution < -0.4 is 15.4 Å². The highest BCUT2D eigenvalue weighted by Crippen LogP contribution is 2.17. The quantitative estimate of drug-likeness (QED) is 0.830. The van der Waals surface area contributed by atoms with E-state index in [1.807, 2.05) is 45.0 Å². The van der Waals surface area contributed by atoms with Gasteiger partial charge < -0.3 is 20.3 Å². The maximum absolute atomic E-state index is 12.4. The van der Waals surface area contributed by atoms with E-state index in [2.05, 4.69) is 10.6 Å². The summed E-state index contributed by atoms with van der Waals surface area (Å²) in [5, 5.41) is 5.80. The number of urea groups is 1. The van der Waals surface area contributed by atoms with E-state index in [1.54, 1.807) is 4.90 Å². The lowest BCUT2D eigenvalue weighted by Crippen LogP contribution is -2.51. The third kappa shape index (κ3) is 5.96. The minimum absolute atomic E-state index is 0.0378. The van der Waals surface area contributed by atoms with Gasteiger partial charge in [-0.1, -0.05) is 12.1 Å². The summed E-state index contributed by atoms with van der Waals surface area (Å²) in [6.07, 6.45) is 1.69. The fourth-order valence-electron chi connectivity index (χ4n) is 2.96. The van der Waals surface area contributed by atoms with E-state index in [-0.39, 0.29) is 23.9 Å². The molecule has 1 aliphatic rings. The number of likely N-dealkylation sites (tertiary alicyclic amines) is 1. The normalized spacial score (nSPS) is 18.4. The van der Waals surface area contributed by atoms with Crippen LogP contribution in [0.4, 0.5) is 4.79 Å². The Bertz CT molecular complexity index is 591. The molecule has 0 aliphatic carbocycles. The number of benzene rings is 1. The van der Waals surface area contributed by atoms with Crippen LogP contribution in [-0.4, -0.2) is 49.1 Å². The Kier molecular flexibility index (Phi) is 7.10. The summed E-state index contributed by atoms with van der Waals surface area (Å²) < 4.78 is 5.73. The van der Waals surface area contributed by atoms with Crippen LogP contribution in [0, 0.1) is 12.8 Å². The topological polar surface area (TPSA) is 70.7 Å². The third-order valence-electron chi connectivity index (χ3n) is 4.29. The molecule has 3 amide bonds. The lowest BCUT2D eigenvalue weighted by atomic mass is 9.97. The number of aryl methyl sites for hydroxylation is 1. The molecule has 1 heterocycles. The summed E-state index contributed by atoms with van der Waals surface area (Å²) in [6, 6.07) is 7.59. The first-order valence-corrected chi connectivity index (χ1v) is 9.02. The van der Waals surface area contributed by atoms with Crippen molar-refractivity contribution in [3.63, 3.8) is 0 Å². The van der Waals surface area contributed by atoms with Crippen molar-refractivity contribution in [3.05, 3.63) is 29.8 Å². The SMILES string of the molecule is CCNC(=O)[C@@H]1CCCN(C(=O)N[C@@H](C)COc2cccc(C)c2)C1. The number of hydrogen-bond acceptors (Lipinski definition) is 3. The predicted molar refractivity (Wildman–Crippen MR) is 97.6 cm³/mol. The van der Waals surface area contributed by atoms with Gasteiger partial charge in [0.1, 0.15) is 12.4 Å². The van der Waals surface area contributed by atoms with Crippen molar-refractivity contribution in [2.45, 2.75) is 39.7 Å². The fraction of sp³-hybridized carbons (Fsp3) is 0.579. The smallest absolute Gasteiger partial charge is 0.317 e. The molecule has 6 heteroatoms. The standard InChI is InChI=1S/C19H29N3O3/c1-4-20-18(23)16-8-6-10-22(12-16)19(24)21-15(3)13-25-17-9-5-7-14(2)11-17/h5,7,9,11,15-16H,4,6,8,10,12-13H2,1-3H3,(H,20,23)(H,21,24)/t15-,16+/m0/s1. The van der Waals surface area contributed by atoms with Crippen LogP contribution in [0.1, 0.15) is 32.3 Å². The minimum atomic E-state index is -0.130. The number of rotatable bonds is 6. The fourth-order valence-corrected chi connectivity index (χ4v) is 2.96. The Morgan fingerprint density at radius 1 is 1.40 bits per heavy atom. The zero-order valence-electron chi connectivity index (χ0n) is 15.4. The van der Waals surface area contributed by atoms with Gasteiger partial charge in [-0.05, 0) is 51.3 Å². The molecule has 0 bridgehead atoms. The third-order valence-corrected chi connectivity index (χ3v) is 4.29. The molecule has 6 nitrogen and oxygen atoms in total. The number of nitrogens with zero attached hydrogens (tertiary/aromatic N) is 1. The van der Waals surface area contributed by atoms with Crippen LogP contribution in [0.5, 0.6) is 5.75 Å². The number of hydrogen-bond donors (Lipinski definition) is 2. The van der Waals surface area contributed by atoms with Crippen LogP contribution in [0.25, 0.3) is 0 Å². The Balaban J connectivity index is 1.79. The van der Waals surface area contributed by atoms with Crippen molar-refractivity contribution >= 4 is 11.9 Å². The van der Waals surface area contributed by atoms with Gasteiger partial charge in [0.25, 0.3) is 0 Å². The maximum atomic E-state index is 12.4. The first-order chi connectivity index (χ1) is 12.0. The zero-order valence-corrected chi connectivity index (χ0v) is 15.4. The zero-order chi connectivity index (χ0) is 18.2. The summed E-state index contributed by atoms with van der Waals surface area (Å²) in [6.45, 7) is 8.02. The Labute approximate surface area is 149 Å². The monoisotopic (exact) mass is 347 g/mol. The molecule has 2 N–H and O–H groups in total. The van der Waals surface area contributed by atoms with E-state index in [0.717, 1.165) is 24.2 Å². The summed E-state index contributed by atoms with van der Waals surface area (Å²) in [5.41, 5.74) is 1.14. The molecule has 2 atom stereocenters. The van der Waals surface area contributed by atoms with Gasteiger partial charge in [0.2, 0.25) is 5.91 Å². The molecule has 1 fully saturated rings. The summed E-state index contributed by atoms with van der Waals surface area (Å²) in [7, 11) is 0. The molecular weight excluding hydrogens is 318 g/mol. The van der Waals surface area contributed by atoms with Gasteiger partial charge in [-0.2, -0.15) is 0 Å². The number of nitrogens with one attached hydrogen (secondary N) is 2. The second-order valence-electron chi connectivity index (χ2n) is 6.66. The van der Waals surface area contributed by atoms with Crippen molar-refractivity contribution in [1.29, 1.82) is 0 Å². The molecule has 1 aromatic rings. The van der Waals surface area contributed by atoms with E-state index in [0.29, 0.717) is 26.2 Å². The Morgan fingerprint density at radius 3 is 2.92 bits per heavy atom. The first-order valence-electron chi connectivity index (χ1n) is 9.02. The lowest BCUT2D eigenvalue weighted by molar-refractivity contribution is -0.126. The second kappa shape index (κ2) is 9.30. The average Bonchev–Trinajstić information content (AvgIpc) is 2.60. The van der Waals surface area contributed by atoms with Crippen molar-refractivity contribution in [2.75, 3.05) is 26.2 Å². The van der Waals surface area contributed by atoms with Crippen LogP contribution in [0.15, 0.2) is 24.3 Å². The number of carbonyl (C=O) groups is 2. The van der Waals surface area contributed by atoms with Gasteiger partial charge in [-0.25, -0.2) is 4.79 Å². The second-order valence-corrected chi connectivity index (χ2v) is 6.66. The molecule has 1 saturated heterocycles. The lowest BCUT2D eigenvalue weighted by Gasteiger charge is -2.32. The largest absolute Gasteiger partial charge is 0.491 e. The highest BCUT2D eigenvalue weighted by molar-refractivity contribution is 5.80.